The molecule has 0 fully saturated rings. The average molecular weight is 392 g/mol. The summed E-state index contributed by atoms with van der Waals surface area (Å²) in [4.78, 5) is -0.207. The molecular weight excluding hydrogens is 378 g/mol. The lowest BCUT2D eigenvalue weighted by atomic mass is 10.2. The van der Waals surface area contributed by atoms with Crippen LogP contribution in [0, 0.1) is 18.3 Å². The first-order valence-electron chi connectivity index (χ1n) is 6.65. The van der Waals surface area contributed by atoms with E-state index in [2.05, 4.69) is 15.9 Å². The molecule has 0 unspecified atom stereocenters. The monoisotopic (exact) mass is 391 g/mol. The second kappa shape index (κ2) is 6.99. The number of aryl methyl sites for hydroxylation is 1. The zero-order chi connectivity index (χ0) is 17.0. The molecule has 2 aromatic rings. The molecule has 6 heteroatoms. The number of ether oxygens (including phenoxy) is 1. The van der Waals surface area contributed by atoms with Crippen molar-refractivity contribution >= 4 is 31.8 Å². The number of sulfone groups is 1. The Morgan fingerprint density at radius 1 is 1.22 bits per heavy atom. The Morgan fingerprint density at radius 2 is 1.87 bits per heavy atom. The Morgan fingerprint density at radius 3 is 2.39 bits per heavy atom. The van der Waals surface area contributed by atoms with Gasteiger partial charge in [0.15, 0.2) is 0 Å². The van der Waals surface area contributed by atoms with Gasteiger partial charge in [-0.25, -0.2) is 8.42 Å². The number of nitriles is 1. The third kappa shape index (κ3) is 3.81. The van der Waals surface area contributed by atoms with Crippen LogP contribution in [0.5, 0.6) is 5.75 Å². The van der Waals surface area contributed by atoms with Gasteiger partial charge in [0, 0.05) is 0 Å². The molecule has 0 saturated heterocycles. The molecule has 2 aromatic carbocycles. The lowest BCUT2D eigenvalue weighted by Crippen LogP contribution is -2.03. The number of rotatable bonds is 4. The van der Waals surface area contributed by atoms with E-state index < -0.39 is 9.84 Å². The van der Waals surface area contributed by atoms with Crippen molar-refractivity contribution in [3.05, 3.63) is 63.0 Å². The lowest BCUT2D eigenvalue weighted by Gasteiger charge is -2.06. The molecule has 0 N–H and O–H groups in total. The Hall–Kier alpha value is -2.10. The van der Waals surface area contributed by atoms with Gasteiger partial charge < -0.3 is 4.74 Å². The smallest absolute Gasteiger partial charge is 0.216 e. The van der Waals surface area contributed by atoms with Gasteiger partial charge in [-0.3, -0.25) is 0 Å². The second-order valence-corrected chi connectivity index (χ2v) is 7.60. The minimum absolute atomic E-state index is 0.100. The second-order valence-electron chi connectivity index (χ2n) is 4.83. The van der Waals surface area contributed by atoms with Crippen LogP contribution >= 0.6 is 15.9 Å². The van der Waals surface area contributed by atoms with Crippen LogP contribution in [0.4, 0.5) is 0 Å². The van der Waals surface area contributed by atoms with E-state index in [0.717, 1.165) is 5.56 Å². The molecule has 0 radical (unpaired) electrons. The van der Waals surface area contributed by atoms with Gasteiger partial charge in [0.2, 0.25) is 9.84 Å². The molecule has 0 amide bonds. The van der Waals surface area contributed by atoms with Gasteiger partial charge in [-0.15, -0.1) is 0 Å². The summed E-state index contributed by atoms with van der Waals surface area (Å²) < 4.78 is 30.9. The normalized spacial score (nSPS) is 11.8. The molecular formula is C17H14BrNO3S. The maximum atomic E-state index is 12.6. The van der Waals surface area contributed by atoms with Crippen molar-refractivity contribution in [2.75, 3.05) is 7.11 Å². The Labute approximate surface area is 144 Å². The van der Waals surface area contributed by atoms with Crippen molar-refractivity contribution in [3.63, 3.8) is 0 Å². The van der Waals surface area contributed by atoms with Crippen molar-refractivity contribution in [1.82, 2.24) is 0 Å². The molecule has 0 atom stereocenters. The largest absolute Gasteiger partial charge is 0.496 e. The van der Waals surface area contributed by atoms with Crippen molar-refractivity contribution < 1.29 is 13.2 Å². The van der Waals surface area contributed by atoms with Crippen LogP contribution in [-0.2, 0) is 9.84 Å². The van der Waals surface area contributed by atoms with Crippen molar-refractivity contribution in [3.8, 4) is 11.8 Å². The lowest BCUT2D eigenvalue weighted by molar-refractivity contribution is 0.412. The minimum atomic E-state index is -3.84. The predicted octanol–water partition coefficient (Wildman–Crippen LogP) is 4.10. The van der Waals surface area contributed by atoms with Crippen LogP contribution in [0.15, 0.2) is 56.7 Å². The molecule has 0 aliphatic heterocycles. The van der Waals surface area contributed by atoms with Gasteiger partial charge >= 0.3 is 0 Å². The SMILES string of the molecule is COc1ccc(/C=C(/C#N)S(=O)(=O)c2ccc(C)cc2)cc1Br. The first-order chi connectivity index (χ1) is 10.9. The van der Waals surface area contributed by atoms with Gasteiger partial charge in [0.25, 0.3) is 0 Å². The molecule has 0 spiro atoms. The standard InChI is InChI=1S/C17H14BrNO3S/c1-12-3-6-14(7-4-12)23(20,21)15(11-19)9-13-5-8-17(22-2)16(18)10-13/h3-10H,1-2H3/b15-9-. The van der Waals surface area contributed by atoms with Crippen molar-refractivity contribution in [2.24, 2.45) is 0 Å². The van der Waals surface area contributed by atoms with Gasteiger partial charge in [0.1, 0.15) is 16.7 Å². The van der Waals surface area contributed by atoms with Crippen LogP contribution in [0.2, 0.25) is 0 Å². The summed E-state index contributed by atoms with van der Waals surface area (Å²) in [5.41, 5.74) is 1.54. The summed E-state index contributed by atoms with van der Waals surface area (Å²) in [7, 11) is -2.30. The third-order valence-electron chi connectivity index (χ3n) is 3.20. The van der Waals surface area contributed by atoms with E-state index in [1.807, 2.05) is 6.92 Å². The fourth-order valence-electron chi connectivity index (χ4n) is 1.94. The van der Waals surface area contributed by atoms with Crippen molar-refractivity contribution in [1.29, 1.82) is 5.26 Å². The van der Waals surface area contributed by atoms with Gasteiger partial charge in [0.05, 0.1) is 16.5 Å². The third-order valence-corrected chi connectivity index (χ3v) is 5.51. The number of hydrogen-bond acceptors (Lipinski definition) is 4. The summed E-state index contributed by atoms with van der Waals surface area (Å²) in [6.45, 7) is 1.87. The molecule has 0 aliphatic carbocycles. The molecule has 0 saturated carbocycles. The number of nitrogens with zero attached hydrogens (tertiary/aromatic N) is 1. The molecule has 0 aliphatic rings. The fourth-order valence-corrected chi connectivity index (χ4v) is 3.66. The highest BCUT2D eigenvalue weighted by atomic mass is 79.9. The summed E-state index contributed by atoms with van der Waals surface area (Å²) in [6, 6.07) is 13.3. The van der Waals surface area contributed by atoms with Gasteiger partial charge in [-0.05, 0) is 58.8 Å². The fraction of sp³-hybridized carbons (Fsp3) is 0.118. The number of benzene rings is 2. The molecule has 4 nitrogen and oxygen atoms in total. The molecule has 118 valence electrons. The molecule has 0 bridgehead atoms. The summed E-state index contributed by atoms with van der Waals surface area (Å²) in [5, 5.41) is 9.28. The van der Waals surface area contributed by atoms with Crippen LogP contribution in [0.3, 0.4) is 0 Å². The topological polar surface area (TPSA) is 67.2 Å². The van der Waals surface area contributed by atoms with Crippen LogP contribution in [0.25, 0.3) is 6.08 Å². The minimum Gasteiger partial charge on any atom is -0.496 e. The number of methoxy groups -OCH3 is 1. The zero-order valence-electron chi connectivity index (χ0n) is 12.6. The maximum Gasteiger partial charge on any atom is 0.216 e. The summed E-state index contributed by atoms with van der Waals surface area (Å²) >= 11 is 3.34. The number of hydrogen-bond donors (Lipinski definition) is 0. The first kappa shape index (κ1) is 17.3. The molecule has 0 aromatic heterocycles. The highest BCUT2D eigenvalue weighted by Gasteiger charge is 2.20. The highest BCUT2D eigenvalue weighted by Crippen LogP contribution is 2.28. The Kier molecular flexibility index (Phi) is 5.24. The summed E-state index contributed by atoms with van der Waals surface area (Å²) in [5.74, 6) is 0.627. The van der Waals surface area contributed by atoms with Gasteiger partial charge in [-0.1, -0.05) is 23.8 Å². The maximum absolute atomic E-state index is 12.6. The predicted molar refractivity (Wildman–Crippen MR) is 92.6 cm³/mol. The zero-order valence-corrected chi connectivity index (χ0v) is 15.0. The highest BCUT2D eigenvalue weighted by molar-refractivity contribution is 9.10. The van der Waals surface area contributed by atoms with E-state index in [4.69, 9.17) is 4.74 Å². The van der Waals surface area contributed by atoms with E-state index in [0.29, 0.717) is 15.8 Å². The van der Waals surface area contributed by atoms with Crippen LogP contribution in [0.1, 0.15) is 11.1 Å². The molecule has 0 heterocycles. The Balaban J connectivity index is 2.48. The van der Waals surface area contributed by atoms with E-state index >= 15 is 0 Å². The molecule has 2 rings (SSSR count). The van der Waals surface area contributed by atoms with Crippen LogP contribution in [-0.4, -0.2) is 15.5 Å². The number of allylic oxidation sites excluding steroid dienone is 1. The quantitative estimate of drug-likeness (QED) is 0.735. The van der Waals surface area contributed by atoms with Crippen LogP contribution < -0.4 is 4.74 Å². The van der Waals surface area contributed by atoms with E-state index in [1.165, 1.54) is 25.3 Å². The van der Waals surface area contributed by atoms with E-state index in [1.54, 1.807) is 36.4 Å². The van der Waals surface area contributed by atoms with E-state index in [-0.39, 0.29) is 9.80 Å². The first-order valence-corrected chi connectivity index (χ1v) is 8.93. The Bertz CT molecular complexity index is 894. The number of halogens is 1. The average Bonchev–Trinajstić information content (AvgIpc) is 2.53. The van der Waals surface area contributed by atoms with E-state index in [9.17, 15) is 13.7 Å². The summed E-state index contributed by atoms with van der Waals surface area (Å²) in [6.07, 6.45) is 1.35. The molecule has 23 heavy (non-hydrogen) atoms. The van der Waals surface area contributed by atoms with Crippen molar-refractivity contribution in [2.45, 2.75) is 11.8 Å². The van der Waals surface area contributed by atoms with Gasteiger partial charge in [-0.2, -0.15) is 5.26 Å².